The van der Waals surface area contributed by atoms with Crippen LogP contribution in [0.4, 0.5) is 0 Å². The number of hydrogen-bond donors (Lipinski definition) is 0. The Morgan fingerprint density at radius 3 is 2.81 bits per heavy atom. The molecule has 132 valence electrons. The van der Waals surface area contributed by atoms with Gasteiger partial charge in [-0.05, 0) is 18.6 Å². The lowest BCUT2D eigenvalue weighted by Gasteiger charge is -2.03. The van der Waals surface area contributed by atoms with E-state index < -0.39 is 0 Å². The van der Waals surface area contributed by atoms with Gasteiger partial charge in [0.05, 0.1) is 5.69 Å². The first-order valence-corrected chi connectivity index (χ1v) is 9.77. The Morgan fingerprint density at radius 2 is 2.04 bits per heavy atom. The van der Waals surface area contributed by atoms with Crippen molar-refractivity contribution in [1.29, 1.82) is 0 Å². The highest BCUT2D eigenvalue weighted by molar-refractivity contribution is 7.98. The molecule has 0 unspecified atom stereocenters. The predicted molar refractivity (Wildman–Crippen MR) is 100 cm³/mol. The van der Waals surface area contributed by atoms with Gasteiger partial charge in [-0.2, -0.15) is 9.61 Å². The Bertz CT molecular complexity index is 1120. The van der Waals surface area contributed by atoms with Crippen LogP contribution in [0.2, 0.25) is 0 Å². The van der Waals surface area contributed by atoms with Crippen LogP contribution in [0.25, 0.3) is 16.3 Å². The molecular formula is C16H15N7OS2. The summed E-state index contributed by atoms with van der Waals surface area (Å²) in [5.41, 5.74) is 1.51. The fraction of sp³-hybridized carbons (Fsp3) is 0.250. The molecule has 0 amide bonds. The minimum Gasteiger partial charge on any atom is -0.305 e. The monoisotopic (exact) mass is 385 g/mol. The molecule has 0 radical (unpaired) electrons. The van der Waals surface area contributed by atoms with Crippen molar-refractivity contribution in [2.45, 2.75) is 24.3 Å². The third-order valence-corrected chi connectivity index (χ3v) is 5.87. The van der Waals surface area contributed by atoms with Crippen LogP contribution < -0.4 is 5.56 Å². The van der Waals surface area contributed by atoms with E-state index in [1.54, 1.807) is 12.4 Å². The van der Waals surface area contributed by atoms with E-state index in [4.69, 9.17) is 0 Å². The van der Waals surface area contributed by atoms with Crippen LogP contribution in [-0.4, -0.2) is 34.3 Å². The van der Waals surface area contributed by atoms with Gasteiger partial charge in [0, 0.05) is 36.8 Å². The smallest absolute Gasteiger partial charge is 0.275 e. The van der Waals surface area contributed by atoms with Crippen molar-refractivity contribution in [3.63, 3.8) is 0 Å². The van der Waals surface area contributed by atoms with Gasteiger partial charge in [-0.1, -0.05) is 30.0 Å². The zero-order valence-electron chi connectivity index (χ0n) is 14.2. The molecule has 0 atom stereocenters. The van der Waals surface area contributed by atoms with E-state index in [2.05, 4.69) is 25.3 Å². The SMILES string of the molecule is CCc1nn2c(=O)cc(CSc3nnc(-c4ccncc4)n3C)nc2s1. The Morgan fingerprint density at radius 1 is 1.23 bits per heavy atom. The van der Waals surface area contributed by atoms with Crippen molar-refractivity contribution >= 4 is 28.1 Å². The first kappa shape index (κ1) is 16.9. The van der Waals surface area contributed by atoms with Crippen molar-refractivity contribution in [2.75, 3.05) is 0 Å². The largest absolute Gasteiger partial charge is 0.305 e. The highest BCUT2D eigenvalue weighted by atomic mass is 32.2. The second-order valence-electron chi connectivity index (χ2n) is 5.52. The van der Waals surface area contributed by atoms with Gasteiger partial charge in [0.25, 0.3) is 5.56 Å². The average molecular weight is 385 g/mol. The summed E-state index contributed by atoms with van der Waals surface area (Å²) in [5.74, 6) is 1.31. The van der Waals surface area contributed by atoms with E-state index in [0.717, 1.165) is 28.0 Å². The molecule has 0 spiro atoms. The van der Waals surface area contributed by atoms with Crippen LogP contribution in [0.3, 0.4) is 0 Å². The van der Waals surface area contributed by atoms with Gasteiger partial charge in [0.15, 0.2) is 11.0 Å². The number of rotatable bonds is 5. The Kier molecular flexibility index (Phi) is 4.51. The lowest BCUT2D eigenvalue weighted by Crippen LogP contribution is -2.15. The number of nitrogens with zero attached hydrogens (tertiary/aromatic N) is 7. The summed E-state index contributed by atoms with van der Waals surface area (Å²) in [6.45, 7) is 2.01. The molecule has 0 aliphatic carbocycles. The van der Waals surface area contributed by atoms with Gasteiger partial charge >= 0.3 is 0 Å². The molecule has 0 bridgehead atoms. The van der Waals surface area contributed by atoms with E-state index in [-0.39, 0.29) is 5.56 Å². The maximum atomic E-state index is 12.2. The number of aromatic nitrogens is 7. The second-order valence-corrected chi connectivity index (χ2v) is 7.50. The van der Waals surface area contributed by atoms with Crippen LogP contribution in [0.15, 0.2) is 40.5 Å². The molecule has 0 aliphatic heterocycles. The van der Waals surface area contributed by atoms with Gasteiger partial charge in [-0.3, -0.25) is 9.78 Å². The van der Waals surface area contributed by atoms with Crippen molar-refractivity contribution in [2.24, 2.45) is 7.05 Å². The molecule has 0 fully saturated rings. The zero-order chi connectivity index (χ0) is 18.1. The quantitative estimate of drug-likeness (QED) is 0.486. The predicted octanol–water partition coefficient (Wildman–Crippen LogP) is 2.20. The molecule has 0 saturated heterocycles. The summed E-state index contributed by atoms with van der Waals surface area (Å²) < 4.78 is 3.29. The molecule has 0 aromatic carbocycles. The average Bonchev–Trinajstić information content (AvgIpc) is 3.24. The number of fused-ring (bicyclic) bond motifs is 1. The third-order valence-electron chi connectivity index (χ3n) is 3.76. The topological polar surface area (TPSA) is 90.9 Å². The first-order chi connectivity index (χ1) is 12.7. The highest BCUT2D eigenvalue weighted by Crippen LogP contribution is 2.24. The molecule has 0 saturated carbocycles. The lowest BCUT2D eigenvalue weighted by molar-refractivity contribution is 0.793. The first-order valence-electron chi connectivity index (χ1n) is 7.97. The van der Waals surface area contributed by atoms with Crippen LogP contribution in [0.5, 0.6) is 0 Å². The third kappa shape index (κ3) is 3.13. The molecule has 0 N–H and O–H groups in total. The fourth-order valence-electron chi connectivity index (χ4n) is 2.44. The fourth-order valence-corrected chi connectivity index (χ4v) is 4.11. The number of pyridine rings is 1. The Hall–Kier alpha value is -2.59. The molecule has 26 heavy (non-hydrogen) atoms. The molecule has 0 aliphatic rings. The molecule has 10 heteroatoms. The van der Waals surface area contributed by atoms with Crippen LogP contribution in [-0.2, 0) is 19.2 Å². The molecule has 8 nitrogen and oxygen atoms in total. The minimum absolute atomic E-state index is 0.156. The van der Waals surface area contributed by atoms with E-state index in [9.17, 15) is 4.79 Å². The van der Waals surface area contributed by atoms with Crippen molar-refractivity contribution < 1.29 is 0 Å². The molecule has 4 aromatic rings. The normalized spacial score (nSPS) is 11.3. The second kappa shape index (κ2) is 6.96. The molecule has 4 heterocycles. The van der Waals surface area contributed by atoms with Gasteiger partial charge in [-0.15, -0.1) is 10.2 Å². The van der Waals surface area contributed by atoms with Gasteiger partial charge in [0.1, 0.15) is 5.01 Å². The van der Waals surface area contributed by atoms with Crippen molar-refractivity contribution in [3.05, 3.63) is 51.6 Å². The van der Waals surface area contributed by atoms with Gasteiger partial charge in [-0.25, -0.2) is 4.98 Å². The van der Waals surface area contributed by atoms with Crippen molar-refractivity contribution in [3.8, 4) is 11.4 Å². The number of thioether (sulfide) groups is 1. The van der Waals surface area contributed by atoms with Crippen LogP contribution in [0.1, 0.15) is 17.6 Å². The standard InChI is InChI=1S/C16H15N7OS2/c1-3-12-21-23-13(24)8-11(18-15(23)26-12)9-25-16-20-19-14(22(16)2)10-4-6-17-7-5-10/h4-8H,3,9H2,1-2H3. The summed E-state index contributed by atoms with van der Waals surface area (Å²) in [6, 6.07) is 5.31. The van der Waals surface area contributed by atoms with E-state index in [0.29, 0.717) is 16.4 Å². The number of aryl methyl sites for hydroxylation is 1. The maximum absolute atomic E-state index is 12.2. The molecule has 4 aromatic heterocycles. The highest BCUT2D eigenvalue weighted by Gasteiger charge is 2.13. The minimum atomic E-state index is -0.156. The zero-order valence-corrected chi connectivity index (χ0v) is 15.8. The van der Waals surface area contributed by atoms with Gasteiger partial charge in [0.2, 0.25) is 4.96 Å². The molecular weight excluding hydrogens is 370 g/mol. The van der Waals surface area contributed by atoms with Crippen LogP contribution >= 0.6 is 23.1 Å². The summed E-state index contributed by atoms with van der Waals surface area (Å²) in [7, 11) is 1.92. The van der Waals surface area contributed by atoms with Gasteiger partial charge < -0.3 is 4.57 Å². The Balaban J connectivity index is 1.57. The van der Waals surface area contributed by atoms with E-state index in [1.165, 1.54) is 33.7 Å². The van der Waals surface area contributed by atoms with Crippen LogP contribution in [0, 0.1) is 0 Å². The Labute approximate surface area is 157 Å². The lowest BCUT2D eigenvalue weighted by atomic mass is 10.2. The van der Waals surface area contributed by atoms with E-state index in [1.807, 2.05) is 30.7 Å². The summed E-state index contributed by atoms with van der Waals surface area (Å²) in [5, 5.41) is 14.4. The maximum Gasteiger partial charge on any atom is 0.275 e. The summed E-state index contributed by atoms with van der Waals surface area (Å²) in [4.78, 5) is 21.4. The van der Waals surface area contributed by atoms with Crippen molar-refractivity contribution in [1.82, 2.24) is 34.3 Å². The summed E-state index contributed by atoms with van der Waals surface area (Å²) in [6.07, 6.45) is 4.24. The molecule has 4 rings (SSSR count). The number of hydrogen-bond acceptors (Lipinski definition) is 8. The van der Waals surface area contributed by atoms with E-state index >= 15 is 0 Å². The summed E-state index contributed by atoms with van der Waals surface area (Å²) >= 11 is 2.94.